The molecule has 4 rings (SSSR count). The van der Waals surface area contributed by atoms with Crippen molar-refractivity contribution in [3.05, 3.63) is 89.1 Å². The Morgan fingerprint density at radius 3 is 2.31 bits per heavy atom. The van der Waals surface area contributed by atoms with Crippen LogP contribution in [0.4, 0.5) is 0 Å². The molecule has 2 heterocycles. The van der Waals surface area contributed by atoms with Gasteiger partial charge >= 0.3 is 0 Å². The van der Waals surface area contributed by atoms with Gasteiger partial charge in [-0.3, -0.25) is 14.6 Å². The molecule has 1 saturated heterocycles. The Hall–Kier alpha value is -3.98. The molecule has 0 atom stereocenters. The maximum absolute atomic E-state index is 12.9. The molecule has 0 spiro atoms. The minimum Gasteiger partial charge on any atom is -0.349 e. The summed E-state index contributed by atoms with van der Waals surface area (Å²) in [6.07, 6.45) is 3.10. The largest absolute Gasteiger partial charge is 0.349 e. The molecule has 32 heavy (non-hydrogen) atoms. The summed E-state index contributed by atoms with van der Waals surface area (Å²) in [4.78, 5) is 31.5. The zero-order valence-electron chi connectivity index (χ0n) is 17.9. The average Bonchev–Trinajstić information content (AvgIpc) is 2.84. The quantitative estimate of drug-likeness (QED) is 0.687. The SMILES string of the molecule is Cc1ccc(C(=O)NC2CCN(C(=O)c3ccc(-c4ncccc4C#N)cc3)CC2)cc1. The van der Waals surface area contributed by atoms with Gasteiger partial charge in [0.05, 0.1) is 11.3 Å². The van der Waals surface area contributed by atoms with Crippen molar-refractivity contribution in [1.82, 2.24) is 15.2 Å². The van der Waals surface area contributed by atoms with Gasteiger partial charge in [0.2, 0.25) is 0 Å². The highest BCUT2D eigenvalue weighted by Crippen LogP contribution is 2.22. The zero-order valence-corrected chi connectivity index (χ0v) is 17.9. The van der Waals surface area contributed by atoms with Crippen LogP contribution in [0.15, 0.2) is 66.9 Å². The molecule has 0 unspecified atom stereocenters. The number of amides is 2. The van der Waals surface area contributed by atoms with Gasteiger partial charge in [-0.2, -0.15) is 5.26 Å². The van der Waals surface area contributed by atoms with E-state index in [2.05, 4.69) is 16.4 Å². The van der Waals surface area contributed by atoms with Gasteiger partial charge < -0.3 is 10.2 Å². The van der Waals surface area contributed by atoms with Crippen LogP contribution in [0, 0.1) is 18.3 Å². The molecule has 1 aliphatic heterocycles. The summed E-state index contributed by atoms with van der Waals surface area (Å²) in [6, 6.07) is 20.4. The van der Waals surface area contributed by atoms with Crippen LogP contribution >= 0.6 is 0 Å². The predicted octanol–water partition coefficient (Wildman–Crippen LogP) is 3.96. The molecule has 0 aliphatic carbocycles. The first kappa shape index (κ1) is 21.3. The number of nitrogens with one attached hydrogen (secondary N) is 1. The second-order valence-corrected chi connectivity index (χ2v) is 7.99. The number of carbonyl (C=O) groups excluding carboxylic acids is 2. The highest BCUT2D eigenvalue weighted by atomic mass is 16.2. The zero-order chi connectivity index (χ0) is 22.5. The van der Waals surface area contributed by atoms with Gasteiger partial charge in [-0.25, -0.2) is 0 Å². The summed E-state index contributed by atoms with van der Waals surface area (Å²) < 4.78 is 0. The fraction of sp³-hybridized carbons (Fsp3) is 0.231. The molecular weight excluding hydrogens is 400 g/mol. The fourth-order valence-corrected chi connectivity index (χ4v) is 3.88. The van der Waals surface area contributed by atoms with Gasteiger partial charge in [0.25, 0.3) is 11.8 Å². The van der Waals surface area contributed by atoms with Crippen LogP contribution in [0.2, 0.25) is 0 Å². The minimum absolute atomic E-state index is 0.0265. The van der Waals surface area contributed by atoms with Gasteiger partial charge in [0, 0.05) is 42.0 Å². The average molecular weight is 425 g/mol. The first-order valence-corrected chi connectivity index (χ1v) is 10.7. The van der Waals surface area contributed by atoms with Crippen molar-refractivity contribution < 1.29 is 9.59 Å². The maximum atomic E-state index is 12.9. The minimum atomic E-state index is -0.0726. The number of benzene rings is 2. The van der Waals surface area contributed by atoms with E-state index in [9.17, 15) is 14.9 Å². The predicted molar refractivity (Wildman–Crippen MR) is 122 cm³/mol. The number of nitrogens with zero attached hydrogens (tertiary/aromatic N) is 3. The molecule has 0 bridgehead atoms. The Kier molecular flexibility index (Phi) is 6.27. The van der Waals surface area contributed by atoms with E-state index in [0.29, 0.717) is 35.5 Å². The van der Waals surface area contributed by atoms with Crippen molar-refractivity contribution in [1.29, 1.82) is 5.26 Å². The van der Waals surface area contributed by atoms with Crippen LogP contribution in [0.3, 0.4) is 0 Å². The summed E-state index contributed by atoms with van der Waals surface area (Å²) in [6.45, 7) is 3.18. The Morgan fingerprint density at radius 2 is 1.66 bits per heavy atom. The van der Waals surface area contributed by atoms with Crippen molar-refractivity contribution in [2.75, 3.05) is 13.1 Å². The van der Waals surface area contributed by atoms with Crippen LogP contribution in [0.1, 0.15) is 44.7 Å². The highest BCUT2D eigenvalue weighted by Gasteiger charge is 2.25. The van der Waals surface area contributed by atoms with Gasteiger partial charge in [-0.05, 0) is 56.2 Å². The Labute approximate surface area is 187 Å². The Balaban J connectivity index is 1.35. The number of pyridine rings is 1. The molecule has 1 aliphatic rings. The number of hydrogen-bond donors (Lipinski definition) is 1. The lowest BCUT2D eigenvalue weighted by Crippen LogP contribution is -2.46. The van der Waals surface area contributed by atoms with Crippen molar-refractivity contribution in [2.45, 2.75) is 25.8 Å². The summed E-state index contributed by atoms with van der Waals surface area (Å²) in [5.41, 5.74) is 4.29. The van der Waals surface area contributed by atoms with E-state index in [1.165, 1.54) is 0 Å². The topological polar surface area (TPSA) is 86.1 Å². The lowest BCUT2D eigenvalue weighted by atomic mass is 10.0. The van der Waals surface area contributed by atoms with E-state index in [-0.39, 0.29) is 17.9 Å². The number of piperidine rings is 1. The fourth-order valence-electron chi connectivity index (χ4n) is 3.88. The standard InChI is InChI=1S/C26H24N4O2/c1-18-4-6-20(7-5-18)25(31)29-23-12-15-30(16-13-23)26(32)21-10-8-19(9-11-21)24-22(17-27)3-2-14-28-24/h2-11,14,23H,12-13,15-16H2,1H3,(H,29,31). The number of nitriles is 1. The maximum Gasteiger partial charge on any atom is 0.253 e. The lowest BCUT2D eigenvalue weighted by Gasteiger charge is -2.32. The summed E-state index contributed by atoms with van der Waals surface area (Å²) >= 11 is 0. The third-order valence-corrected chi connectivity index (χ3v) is 5.76. The van der Waals surface area contributed by atoms with Crippen molar-refractivity contribution >= 4 is 11.8 Å². The van der Waals surface area contributed by atoms with E-state index in [1.54, 1.807) is 30.5 Å². The second-order valence-electron chi connectivity index (χ2n) is 7.99. The van der Waals surface area contributed by atoms with Crippen molar-refractivity contribution in [3.63, 3.8) is 0 Å². The second kappa shape index (κ2) is 9.44. The number of aromatic nitrogens is 1. The number of aryl methyl sites for hydroxylation is 1. The highest BCUT2D eigenvalue weighted by molar-refractivity contribution is 5.95. The molecule has 160 valence electrons. The first-order chi connectivity index (χ1) is 15.5. The number of rotatable bonds is 4. The molecule has 6 nitrogen and oxygen atoms in total. The van der Waals surface area contributed by atoms with E-state index in [0.717, 1.165) is 24.0 Å². The molecular formula is C26H24N4O2. The van der Waals surface area contributed by atoms with Gasteiger partial charge in [-0.1, -0.05) is 29.8 Å². The molecule has 2 aromatic carbocycles. The van der Waals surface area contributed by atoms with Gasteiger partial charge in [-0.15, -0.1) is 0 Å². The van der Waals surface area contributed by atoms with Crippen molar-refractivity contribution in [2.24, 2.45) is 0 Å². The molecule has 2 amide bonds. The molecule has 6 heteroatoms. The number of hydrogen-bond acceptors (Lipinski definition) is 4. The normalized spacial score (nSPS) is 13.9. The van der Waals surface area contributed by atoms with Gasteiger partial charge in [0.1, 0.15) is 6.07 Å². The van der Waals surface area contributed by atoms with Crippen molar-refractivity contribution in [3.8, 4) is 17.3 Å². The van der Waals surface area contributed by atoms with Crippen LogP contribution in [-0.4, -0.2) is 40.8 Å². The third kappa shape index (κ3) is 4.68. The molecule has 1 N–H and O–H groups in total. The molecule has 3 aromatic rings. The molecule has 0 radical (unpaired) electrons. The smallest absolute Gasteiger partial charge is 0.253 e. The van der Waals surface area contributed by atoms with Crippen LogP contribution < -0.4 is 5.32 Å². The van der Waals surface area contributed by atoms with Crippen LogP contribution in [0.5, 0.6) is 0 Å². The van der Waals surface area contributed by atoms with E-state index in [4.69, 9.17) is 0 Å². The van der Waals surface area contributed by atoms with Gasteiger partial charge in [0.15, 0.2) is 0 Å². The Morgan fingerprint density at radius 1 is 1.00 bits per heavy atom. The van der Waals surface area contributed by atoms with E-state index >= 15 is 0 Å². The van der Waals surface area contributed by atoms with Crippen LogP contribution in [-0.2, 0) is 0 Å². The van der Waals surface area contributed by atoms with E-state index in [1.807, 2.05) is 48.2 Å². The molecule has 1 fully saturated rings. The summed E-state index contributed by atoms with van der Waals surface area (Å²) in [5, 5.41) is 12.3. The Bertz CT molecular complexity index is 1160. The number of carbonyl (C=O) groups is 2. The van der Waals surface area contributed by atoms with Crippen LogP contribution in [0.25, 0.3) is 11.3 Å². The molecule has 0 saturated carbocycles. The summed E-state index contributed by atoms with van der Waals surface area (Å²) in [5.74, 6) is -0.0991. The third-order valence-electron chi connectivity index (χ3n) is 5.76. The first-order valence-electron chi connectivity index (χ1n) is 10.7. The molecule has 1 aromatic heterocycles. The number of likely N-dealkylation sites (tertiary alicyclic amines) is 1. The van der Waals surface area contributed by atoms with E-state index < -0.39 is 0 Å². The lowest BCUT2D eigenvalue weighted by molar-refractivity contribution is 0.0698. The summed E-state index contributed by atoms with van der Waals surface area (Å²) in [7, 11) is 0. The monoisotopic (exact) mass is 424 g/mol.